The molecule has 1 heterocycles. The number of nitrogens with zero attached hydrogens (tertiary/aromatic N) is 1. The monoisotopic (exact) mass is 220 g/mol. The quantitative estimate of drug-likeness (QED) is 0.821. The van der Waals surface area contributed by atoms with Gasteiger partial charge in [-0.2, -0.15) is 0 Å². The van der Waals surface area contributed by atoms with Gasteiger partial charge < -0.3 is 5.32 Å². The first-order valence-corrected chi connectivity index (χ1v) is 6.16. The van der Waals surface area contributed by atoms with Gasteiger partial charge in [-0.1, -0.05) is 27.7 Å². The first-order valence-electron chi connectivity index (χ1n) is 6.16. The van der Waals surface area contributed by atoms with E-state index in [4.69, 9.17) is 0 Å². The first-order chi connectivity index (χ1) is 7.53. The predicted octanol–water partition coefficient (Wildman–Crippen LogP) is 3.48. The van der Waals surface area contributed by atoms with Crippen LogP contribution >= 0.6 is 0 Å². The van der Waals surface area contributed by atoms with Gasteiger partial charge in [-0.05, 0) is 42.5 Å². The molecule has 0 saturated carbocycles. The van der Waals surface area contributed by atoms with Crippen LogP contribution < -0.4 is 5.32 Å². The third-order valence-corrected chi connectivity index (χ3v) is 3.49. The lowest BCUT2D eigenvalue weighted by Crippen LogP contribution is -2.34. The minimum atomic E-state index is 0.254. The Morgan fingerprint density at radius 3 is 2.56 bits per heavy atom. The highest BCUT2D eigenvalue weighted by molar-refractivity contribution is 5.26. The van der Waals surface area contributed by atoms with E-state index < -0.39 is 0 Å². The van der Waals surface area contributed by atoms with Crippen molar-refractivity contribution in [3.8, 4) is 0 Å². The molecule has 0 aliphatic heterocycles. The number of rotatable bonds is 5. The summed E-state index contributed by atoms with van der Waals surface area (Å²) in [5, 5.41) is 3.59. The zero-order chi connectivity index (χ0) is 12.2. The average molecular weight is 220 g/mol. The van der Waals surface area contributed by atoms with E-state index in [0.29, 0.717) is 6.04 Å². The summed E-state index contributed by atoms with van der Waals surface area (Å²) in [6.07, 6.45) is 5.01. The van der Waals surface area contributed by atoms with E-state index in [0.717, 1.165) is 13.0 Å². The lowest BCUT2D eigenvalue weighted by atomic mass is 9.77. The third-order valence-electron chi connectivity index (χ3n) is 3.49. The van der Waals surface area contributed by atoms with Gasteiger partial charge in [0.2, 0.25) is 0 Å². The molecule has 16 heavy (non-hydrogen) atoms. The van der Waals surface area contributed by atoms with Crippen molar-refractivity contribution in [2.24, 2.45) is 5.41 Å². The van der Waals surface area contributed by atoms with E-state index in [2.05, 4.69) is 51.0 Å². The standard InChI is InChI=1S/C14H24N2/c1-6-14(4,5)13(16-7-2)12-10-15-9-8-11(12)3/h8-10,13,16H,6-7H2,1-5H3. The number of pyridine rings is 1. The van der Waals surface area contributed by atoms with Crippen LogP contribution in [0, 0.1) is 12.3 Å². The highest BCUT2D eigenvalue weighted by Crippen LogP contribution is 2.36. The minimum Gasteiger partial charge on any atom is -0.310 e. The molecule has 1 unspecified atom stereocenters. The molecule has 0 aliphatic rings. The van der Waals surface area contributed by atoms with Crippen LogP contribution in [0.3, 0.4) is 0 Å². The highest BCUT2D eigenvalue weighted by Gasteiger charge is 2.29. The molecule has 0 saturated heterocycles. The fraction of sp³-hybridized carbons (Fsp3) is 0.643. The van der Waals surface area contributed by atoms with Gasteiger partial charge in [0.25, 0.3) is 0 Å². The fourth-order valence-corrected chi connectivity index (χ4v) is 1.99. The van der Waals surface area contributed by atoms with Gasteiger partial charge in [0.1, 0.15) is 0 Å². The van der Waals surface area contributed by atoms with Gasteiger partial charge in [-0.3, -0.25) is 4.98 Å². The Balaban J connectivity index is 3.08. The Morgan fingerprint density at radius 1 is 1.38 bits per heavy atom. The van der Waals surface area contributed by atoms with Crippen molar-refractivity contribution in [3.63, 3.8) is 0 Å². The topological polar surface area (TPSA) is 24.9 Å². The lowest BCUT2D eigenvalue weighted by molar-refractivity contribution is 0.236. The van der Waals surface area contributed by atoms with Gasteiger partial charge in [-0.15, -0.1) is 0 Å². The largest absolute Gasteiger partial charge is 0.310 e. The third kappa shape index (κ3) is 2.82. The number of hydrogen-bond acceptors (Lipinski definition) is 2. The SMILES string of the molecule is CCNC(c1cnccc1C)C(C)(C)CC. The smallest absolute Gasteiger partial charge is 0.0389 e. The number of nitrogens with one attached hydrogen (secondary N) is 1. The molecular formula is C14H24N2. The van der Waals surface area contributed by atoms with Crippen LogP contribution in [0.1, 0.15) is 51.3 Å². The van der Waals surface area contributed by atoms with Crippen molar-refractivity contribution < 1.29 is 0 Å². The Labute approximate surface area is 99.5 Å². The second-order valence-electron chi connectivity index (χ2n) is 5.07. The molecule has 0 radical (unpaired) electrons. The molecule has 0 bridgehead atoms. The molecule has 2 nitrogen and oxygen atoms in total. The Hall–Kier alpha value is -0.890. The molecule has 0 spiro atoms. The van der Waals surface area contributed by atoms with Crippen LogP contribution in [-0.4, -0.2) is 11.5 Å². The van der Waals surface area contributed by atoms with Gasteiger partial charge in [-0.25, -0.2) is 0 Å². The lowest BCUT2D eigenvalue weighted by Gasteiger charge is -2.35. The summed E-state index contributed by atoms with van der Waals surface area (Å²) in [5.74, 6) is 0. The molecule has 1 rings (SSSR count). The Bertz CT molecular complexity index is 331. The number of aromatic nitrogens is 1. The minimum absolute atomic E-state index is 0.254. The summed E-state index contributed by atoms with van der Waals surface area (Å²) in [6, 6.07) is 2.47. The molecule has 2 heteroatoms. The maximum atomic E-state index is 4.26. The molecule has 1 atom stereocenters. The van der Waals surface area contributed by atoms with Crippen LogP contribution in [0.4, 0.5) is 0 Å². The van der Waals surface area contributed by atoms with E-state index in [1.807, 2.05) is 12.4 Å². The van der Waals surface area contributed by atoms with Crippen LogP contribution in [0.5, 0.6) is 0 Å². The maximum absolute atomic E-state index is 4.26. The summed E-state index contributed by atoms with van der Waals surface area (Å²) in [4.78, 5) is 4.26. The van der Waals surface area contributed by atoms with Crippen LogP contribution in [0.15, 0.2) is 18.5 Å². The normalized spacial score (nSPS) is 13.8. The zero-order valence-corrected chi connectivity index (χ0v) is 11.2. The highest BCUT2D eigenvalue weighted by atomic mass is 14.9. The van der Waals surface area contributed by atoms with Crippen molar-refractivity contribution in [2.45, 2.75) is 47.1 Å². The maximum Gasteiger partial charge on any atom is 0.0389 e. The van der Waals surface area contributed by atoms with Gasteiger partial charge >= 0.3 is 0 Å². The molecule has 90 valence electrons. The molecular weight excluding hydrogens is 196 g/mol. The van der Waals surface area contributed by atoms with Gasteiger partial charge in [0.15, 0.2) is 0 Å². The average Bonchev–Trinajstić information content (AvgIpc) is 2.27. The van der Waals surface area contributed by atoms with E-state index >= 15 is 0 Å². The van der Waals surface area contributed by atoms with Crippen LogP contribution in [0.2, 0.25) is 0 Å². The fourth-order valence-electron chi connectivity index (χ4n) is 1.99. The van der Waals surface area contributed by atoms with Crippen molar-refractivity contribution in [2.75, 3.05) is 6.54 Å². The predicted molar refractivity (Wildman–Crippen MR) is 69.5 cm³/mol. The zero-order valence-electron chi connectivity index (χ0n) is 11.2. The van der Waals surface area contributed by atoms with Gasteiger partial charge in [0, 0.05) is 18.4 Å². The second-order valence-corrected chi connectivity index (χ2v) is 5.07. The number of aryl methyl sites for hydroxylation is 1. The Kier molecular flexibility index (Phi) is 4.48. The van der Waals surface area contributed by atoms with E-state index in [-0.39, 0.29) is 5.41 Å². The van der Waals surface area contributed by atoms with Gasteiger partial charge in [0.05, 0.1) is 0 Å². The van der Waals surface area contributed by atoms with E-state index in [9.17, 15) is 0 Å². The summed E-state index contributed by atoms with van der Waals surface area (Å²) in [6.45, 7) is 12.2. The number of hydrogen-bond donors (Lipinski definition) is 1. The van der Waals surface area contributed by atoms with Crippen molar-refractivity contribution in [3.05, 3.63) is 29.6 Å². The summed E-state index contributed by atoms with van der Waals surface area (Å²) in [5.41, 5.74) is 2.91. The first kappa shape index (κ1) is 13.2. The van der Waals surface area contributed by atoms with Crippen molar-refractivity contribution >= 4 is 0 Å². The van der Waals surface area contributed by atoms with Crippen molar-refractivity contribution in [1.82, 2.24) is 10.3 Å². The Morgan fingerprint density at radius 2 is 2.06 bits per heavy atom. The summed E-state index contributed by atoms with van der Waals surface area (Å²) < 4.78 is 0. The molecule has 1 aromatic rings. The molecule has 0 fully saturated rings. The molecule has 0 aromatic carbocycles. The molecule has 0 aliphatic carbocycles. The molecule has 1 N–H and O–H groups in total. The molecule has 0 amide bonds. The summed E-state index contributed by atoms with van der Waals surface area (Å²) in [7, 11) is 0. The second kappa shape index (κ2) is 5.44. The van der Waals surface area contributed by atoms with E-state index in [1.54, 1.807) is 0 Å². The van der Waals surface area contributed by atoms with Crippen LogP contribution in [0.25, 0.3) is 0 Å². The van der Waals surface area contributed by atoms with Crippen molar-refractivity contribution in [1.29, 1.82) is 0 Å². The van der Waals surface area contributed by atoms with Crippen LogP contribution in [-0.2, 0) is 0 Å². The van der Waals surface area contributed by atoms with E-state index in [1.165, 1.54) is 11.1 Å². The molecule has 1 aromatic heterocycles. The summed E-state index contributed by atoms with van der Waals surface area (Å²) >= 11 is 0.